The van der Waals surface area contributed by atoms with Gasteiger partial charge in [-0.15, -0.1) is 0 Å². The van der Waals surface area contributed by atoms with Crippen LogP contribution in [0.3, 0.4) is 0 Å². The van der Waals surface area contributed by atoms with Crippen LogP contribution < -0.4 is 0 Å². The Morgan fingerprint density at radius 3 is 2.28 bits per heavy atom. The summed E-state index contributed by atoms with van der Waals surface area (Å²) < 4.78 is 0. The lowest BCUT2D eigenvalue weighted by molar-refractivity contribution is 0.376. The predicted molar refractivity (Wildman–Crippen MR) is 72.7 cm³/mol. The summed E-state index contributed by atoms with van der Waals surface area (Å²) in [6.07, 6.45) is 0.780. The van der Waals surface area contributed by atoms with Gasteiger partial charge in [0.2, 0.25) is 0 Å². The lowest BCUT2D eigenvalue weighted by atomic mass is 9.73. The minimum Gasteiger partial charge on any atom is -0.427 e. The molecular weight excluding hydrogens is 225 g/mol. The predicted octanol–water partition coefficient (Wildman–Crippen LogP) is 2.43. The molecular formula is C14H20BNO2. The van der Waals surface area contributed by atoms with Gasteiger partial charge in [0.05, 0.1) is 6.07 Å². The molecule has 1 aromatic rings. The number of nitriles is 1. The van der Waals surface area contributed by atoms with Gasteiger partial charge in [-0.3, -0.25) is 0 Å². The molecule has 0 bridgehead atoms. The van der Waals surface area contributed by atoms with Gasteiger partial charge in [0.15, 0.2) is 0 Å². The fraction of sp³-hybridized carbons (Fsp3) is 0.500. The van der Waals surface area contributed by atoms with Gasteiger partial charge < -0.3 is 10.0 Å². The van der Waals surface area contributed by atoms with Crippen molar-refractivity contribution in [1.29, 1.82) is 5.26 Å². The van der Waals surface area contributed by atoms with Crippen molar-refractivity contribution in [3.8, 4) is 6.07 Å². The van der Waals surface area contributed by atoms with Gasteiger partial charge in [0.25, 0.3) is 0 Å². The summed E-state index contributed by atoms with van der Waals surface area (Å²) in [5, 5.41) is 27.0. The SMILES string of the molecule is CC(C)C(CC(C#N)CB(O)O)c1ccccc1. The van der Waals surface area contributed by atoms with Gasteiger partial charge in [0, 0.05) is 5.92 Å². The van der Waals surface area contributed by atoms with E-state index in [-0.39, 0.29) is 18.2 Å². The van der Waals surface area contributed by atoms with Crippen LogP contribution >= 0.6 is 0 Å². The summed E-state index contributed by atoms with van der Waals surface area (Å²) in [6.45, 7) is 4.25. The van der Waals surface area contributed by atoms with Gasteiger partial charge in [0.1, 0.15) is 0 Å². The molecule has 0 spiro atoms. The molecule has 2 atom stereocenters. The molecule has 1 aromatic carbocycles. The number of hydrogen-bond donors (Lipinski definition) is 2. The van der Waals surface area contributed by atoms with Crippen LogP contribution in [0.4, 0.5) is 0 Å². The molecule has 96 valence electrons. The lowest BCUT2D eigenvalue weighted by Gasteiger charge is -2.23. The molecule has 3 nitrogen and oxygen atoms in total. The summed E-state index contributed by atoms with van der Waals surface area (Å²) in [4.78, 5) is 0. The number of nitrogens with zero attached hydrogens (tertiary/aromatic N) is 1. The lowest BCUT2D eigenvalue weighted by Crippen LogP contribution is -2.19. The van der Waals surface area contributed by atoms with E-state index < -0.39 is 7.12 Å². The van der Waals surface area contributed by atoms with E-state index in [0.29, 0.717) is 12.3 Å². The van der Waals surface area contributed by atoms with E-state index in [4.69, 9.17) is 15.3 Å². The van der Waals surface area contributed by atoms with E-state index in [9.17, 15) is 0 Å². The smallest absolute Gasteiger partial charge is 0.427 e. The quantitative estimate of drug-likeness (QED) is 0.756. The van der Waals surface area contributed by atoms with Gasteiger partial charge in [-0.25, -0.2) is 0 Å². The average Bonchev–Trinajstić information content (AvgIpc) is 2.34. The summed E-state index contributed by atoms with van der Waals surface area (Å²) in [5.74, 6) is 0.367. The first-order valence-corrected chi connectivity index (χ1v) is 6.35. The van der Waals surface area contributed by atoms with Crippen molar-refractivity contribution in [1.82, 2.24) is 0 Å². The van der Waals surface area contributed by atoms with E-state index in [1.54, 1.807) is 0 Å². The third kappa shape index (κ3) is 4.52. The molecule has 0 aliphatic heterocycles. The maximum atomic E-state index is 9.08. The molecule has 18 heavy (non-hydrogen) atoms. The van der Waals surface area contributed by atoms with Crippen LogP contribution in [0.15, 0.2) is 30.3 Å². The molecule has 0 heterocycles. The Balaban J connectivity index is 2.78. The molecule has 0 aliphatic rings. The zero-order valence-electron chi connectivity index (χ0n) is 11.0. The van der Waals surface area contributed by atoms with Gasteiger partial charge >= 0.3 is 7.12 Å². The monoisotopic (exact) mass is 245 g/mol. The number of hydrogen-bond acceptors (Lipinski definition) is 3. The zero-order chi connectivity index (χ0) is 13.5. The van der Waals surface area contributed by atoms with Crippen LogP contribution in [0.25, 0.3) is 0 Å². The largest absolute Gasteiger partial charge is 0.452 e. The normalized spacial score (nSPS) is 14.0. The maximum Gasteiger partial charge on any atom is 0.452 e. The van der Waals surface area contributed by atoms with Crippen molar-refractivity contribution in [3.63, 3.8) is 0 Å². The fourth-order valence-corrected chi connectivity index (χ4v) is 2.26. The third-order valence-electron chi connectivity index (χ3n) is 3.25. The molecule has 0 aromatic heterocycles. The molecule has 0 fully saturated rings. The van der Waals surface area contributed by atoms with Crippen molar-refractivity contribution in [2.24, 2.45) is 11.8 Å². The number of benzene rings is 1. The number of rotatable bonds is 6. The standard InChI is InChI=1S/C14H20BNO2/c1-11(2)14(13-6-4-3-5-7-13)8-12(10-16)9-15(17)18/h3-7,11-12,14,17-18H,8-9H2,1-2H3. The Labute approximate surface area is 109 Å². The van der Waals surface area contributed by atoms with Crippen LogP contribution in [0.2, 0.25) is 6.32 Å². The zero-order valence-corrected chi connectivity index (χ0v) is 11.0. The van der Waals surface area contributed by atoms with Gasteiger partial charge in [-0.2, -0.15) is 5.26 Å². The Morgan fingerprint density at radius 1 is 1.22 bits per heavy atom. The molecule has 0 saturated carbocycles. The highest BCUT2D eigenvalue weighted by atomic mass is 16.4. The Hall–Kier alpha value is -1.31. The van der Waals surface area contributed by atoms with Crippen molar-refractivity contribution in [2.45, 2.75) is 32.5 Å². The van der Waals surface area contributed by atoms with Crippen LogP contribution in [-0.4, -0.2) is 17.2 Å². The van der Waals surface area contributed by atoms with Crippen LogP contribution in [0.5, 0.6) is 0 Å². The third-order valence-corrected chi connectivity index (χ3v) is 3.25. The molecule has 1 rings (SSSR count). The first-order valence-electron chi connectivity index (χ1n) is 6.35. The first-order chi connectivity index (χ1) is 8.54. The highest BCUT2D eigenvalue weighted by Crippen LogP contribution is 2.32. The summed E-state index contributed by atoms with van der Waals surface area (Å²) in [5.41, 5.74) is 1.21. The molecule has 2 unspecified atom stereocenters. The highest BCUT2D eigenvalue weighted by Gasteiger charge is 2.24. The highest BCUT2D eigenvalue weighted by molar-refractivity contribution is 6.41. The van der Waals surface area contributed by atoms with Crippen LogP contribution in [-0.2, 0) is 0 Å². The Morgan fingerprint density at radius 2 is 1.83 bits per heavy atom. The summed E-state index contributed by atoms with van der Waals surface area (Å²) in [6, 6.07) is 12.3. The summed E-state index contributed by atoms with van der Waals surface area (Å²) in [7, 11) is -1.40. The first kappa shape index (κ1) is 14.8. The van der Waals surface area contributed by atoms with E-state index in [1.165, 1.54) is 5.56 Å². The molecule has 2 N–H and O–H groups in total. The molecule has 0 amide bonds. The Kier molecular flexibility index (Phi) is 5.90. The molecule has 4 heteroatoms. The van der Waals surface area contributed by atoms with Crippen LogP contribution in [0.1, 0.15) is 31.7 Å². The van der Waals surface area contributed by atoms with Crippen molar-refractivity contribution >= 4 is 7.12 Å². The van der Waals surface area contributed by atoms with E-state index in [2.05, 4.69) is 32.0 Å². The summed E-state index contributed by atoms with van der Waals surface area (Å²) >= 11 is 0. The van der Waals surface area contributed by atoms with Crippen molar-refractivity contribution < 1.29 is 10.0 Å². The maximum absolute atomic E-state index is 9.08. The van der Waals surface area contributed by atoms with Crippen molar-refractivity contribution in [2.75, 3.05) is 0 Å². The second-order valence-corrected chi connectivity index (χ2v) is 5.04. The van der Waals surface area contributed by atoms with E-state index in [1.807, 2.05) is 18.2 Å². The molecule has 0 radical (unpaired) electrons. The van der Waals surface area contributed by atoms with E-state index in [0.717, 1.165) is 0 Å². The molecule has 0 saturated heterocycles. The van der Waals surface area contributed by atoms with Crippen molar-refractivity contribution in [3.05, 3.63) is 35.9 Å². The fourth-order valence-electron chi connectivity index (χ4n) is 2.26. The Bertz CT molecular complexity index is 387. The average molecular weight is 245 g/mol. The topological polar surface area (TPSA) is 64.2 Å². The minimum absolute atomic E-state index is 0.118. The second kappa shape index (κ2) is 7.20. The molecule has 0 aliphatic carbocycles. The van der Waals surface area contributed by atoms with Gasteiger partial charge in [-0.05, 0) is 30.1 Å². The minimum atomic E-state index is -1.40. The second-order valence-electron chi connectivity index (χ2n) is 5.04. The van der Waals surface area contributed by atoms with Gasteiger partial charge in [-0.1, -0.05) is 44.2 Å². The van der Waals surface area contributed by atoms with Crippen LogP contribution in [0, 0.1) is 23.2 Å². The van der Waals surface area contributed by atoms with E-state index >= 15 is 0 Å².